The van der Waals surface area contributed by atoms with Gasteiger partial charge in [0.05, 0.1) is 13.2 Å². The van der Waals surface area contributed by atoms with Gasteiger partial charge in [-0.3, -0.25) is 0 Å². The number of aliphatic hydroxyl groups excluding tert-OH is 2. The van der Waals surface area contributed by atoms with Crippen LogP contribution in [0.4, 0.5) is 0 Å². The van der Waals surface area contributed by atoms with Crippen molar-refractivity contribution in [1.82, 2.24) is 0 Å². The number of hydrogen-bond donors (Lipinski definition) is 4. The number of phenols is 2. The number of aromatic hydroxyl groups is 2. The summed E-state index contributed by atoms with van der Waals surface area (Å²) in [5.41, 5.74) is 1.31. The molecule has 0 spiro atoms. The van der Waals surface area contributed by atoms with Crippen LogP contribution in [-0.4, -0.2) is 58.1 Å². The minimum Gasteiger partial charge on any atom is -0.508 e. The number of hydrogen-bond acceptors (Lipinski definition) is 8. The SMILES string of the molecule is OC[C@@H]1OC(c2ccc(O)cc2)OC[C@@H](O)[C@@H]2OC(c3ccc(O)cc3)O[C@H]21. The van der Waals surface area contributed by atoms with E-state index in [0.717, 1.165) is 0 Å². The zero-order chi connectivity index (χ0) is 19.7. The van der Waals surface area contributed by atoms with Crippen LogP contribution in [0.3, 0.4) is 0 Å². The highest BCUT2D eigenvalue weighted by atomic mass is 16.8. The van der Waals surface area contributed by atoms with Gasteiger partial charge in [0, 0.05) is 11.1 Å². The van der Waals surface area contributed by atoms with E-state index in [0.29, 0.717) is 11.1 Å². The van der Waals surface area contributed by atoms with Gasteiger partial charge in [0.25, 0.3) is 0 Å². The van der Waals surface area contributed by atoms with E-state index in [-0.39, 0.29) is 24.7 Å². The molecule has 2 aromatic rings. The lowest BCUT2D eigenvalue weighted by molar-refractivity contribution is -0.239. The Balaban J connectivity index is 1.56. The lowest BCUT2D eigenvalue weighted by Crippen LogP contribution is -2.49. The van der Waals surface area contributed by atoms with Crippen LogP contribution in [0.25, 0.3) is 0 Å². The van der Waals surface area contributed by atoms with Crippen molar-refractivity contribution in [2.24, 2.45) is 0 Å². The summed E-state index contributed by atoms with van der Waals surface area (Å²) in [5, 5.41) is 39.4. The van der Waals surface area contributed by atoms with Crippen molar-refractivity contribution in [2.45, 2.75) is 37.0 Å². The fraction of sp³-hybridized carbons (Fsp3) is 0.400. The van der Waals surface area contributed by atoms with Crippen molar-refractivity contribution < 1.29 is 39.4 Å². The molecule has 0 saturated carbocycles. The molecule has 8 nitrogen and oxygen atoms in total. The van der Waals surface area contributed by atoms with Gasteiger partial charge in [-0.05, 0) is 24.3 Å². The number of fused-ring (bicyclic) bond motifs is 1. The smallest absolute Gasteiger partial charge is 0.184 e. The maximum Gasteiger partial charge on any atom is 0.184 e. The standard InChI is InChI=1S/C20H22O8/c21-9-16-18-17(27-20(28-18)12-3-7-14(23)8-4-12)15(24)10-25-19(26-16)11-1-5-13(22)6-2-11/h1-8,15-24H,9-10H2/t15-,16+,17+,18+,19?,20?/m1/s1. The second-order valence-electron chi connectivity index (χ2n) is 6.81. The van der Waals surface area contributed by atoms with Gasteiger partial charge in [0.15, 0.2) is 12.6 Å². The normalized spacial score (nSPS) is 33.1. The molecule has 0 aromatic heterocycles. The second kappa shape index (κ2) is 8.04. The number of phenolic OH excluding ortho intramolecular Hbond substituents is 2. The van der Waals surface area contributed by atoms with Gasteiger partial charge in [-0.15, -0.1) is 0 Å². The maximum atomic E-state index is 10.6. The van der Waals surface area contributed by atoms with Gasteiger partial charge < -0.3 is 39.4 Å². The van der Waals surface area contributed by atoms with E-state index in [1.54, 1.807) is 24.3 Å². The first-order valence-electron chi connectivity index (χ1n) is 9.00. The zero-order valence-corrected chi connectivity index (χ0v) is 14.9. The Labute approximate surface area is 161 Å². The van der Waals surface area contributed by atoms with Crippen LogP contribution in [0.2, 0.25) is 0 Å². The lowest BCUT2D eigenvalue weighted by Gasteiger charge is -2.34. The summed E-state index contributed by atoms with van der Waals surface area (Å²) < 4.78 is 23.4. The average molecular weight is 390 g/mol. The largest absolute Gasteiger partial charge is 0.508 e. The molecule has 6 atom stereocenters. The van der Waals surface area contributed by atoms with Crippen molar-refractivity contribution in [3.05, 3.63) is 59.7 Å². The topological polar surface area (TPSA) is 118 Å². The van der Waals surface area contributed by atoms with E-state index >= 15 is 0 Å². The van der Waals surface area contributed by atoms with Crippen LogP contribution in [0.5, 0.6) is 11.5 Å². The summed E-state index contributed by atoms with van der Waals surface area (Å²) in [5.74, 6) is 0.229. The van der Waals surface area contributed by atoms with E-state index in [4.69, 9.17) is 18.9 Å². The molecule has 4 N–H and O–H groups in total. The number of benzene rings is 2. The maximum absolute atomic E-state index is 10.6. The van der Waals surface area contributed by atoms with Crippen molar-refractivity contribution in [3.63, 3.8) is 0 Å². The van der Waals surface area contributed by atoms with Crippen LogP contribution >= 0.6 is 0 Å². The molecule has 2 heterocycles. The molecule has 2 unspecified atom stereocenters. The van der Waals surface area contributed by atoms with E-state index in [1.165, 1.54) is 24.3 Å². The summed E-state index contributed by atoms with van der Waals surface area (Å²) in [6.45, 7) is -0.423. The van der Waals surface area contributed by atoms with Crippen LogP contribution in [0.15, 0.2) is 48.5 Å². The number of aliphatic hydroxyl groups is 2. The summed E-state index contributed by atoms with van der Waals surface area (Å²) in [7, 11) is 0. The number of ether oxygens (including phenoxy) is 4. The molecule has 4 rings (SSSR count). The molecule has 0 amide bonds. The molecule has 28 heavy (non-hydrogen) atoms. The van der Waals surface area contributed by atoms with Gasteiger partial charge in [-0.1, -0.05) is 24.3 Å². The van der Waals surface area contributed by atoms with Crippen LogP contribution in [0.1, 0.15) is 23.7 Å². The third-order valence-electron chi connectivity index (χ3n) is 4.86. The molecule has 2 aliphatic heterocycles. The third kappa shape index (κ3) is 3.83. The predicted octanol–water partition coefficient (Wildman–Crippen LogP) is 1.35. The lowest BCUT2D eigenvalue weighted by atomic mass is 10.0. The fourth-order valence-electron chi connectivity index (χ4n) is 3.38. The van der Waals surface area contributed by atoms with Crippen molar-refractivity contribution in [2.75, 3.05) is 13.2 Å². The molecular formula is C20H22O8. The van der Waals surface area contributed by atoms with E-state index in [2.05, 4.69) is 0 Å². The minimum absolute atomic E-state index is 0.0590. The quantitative estimate of drug-likeness (QED) is 0.620. The highest BCUT2D eigenvalue weighted by Gasteiger charge is 2.47. The van der Waals surface area contributed by atoms with E-state index < -0.39 is 37.0 Å². The third-order valence-corrected chi connectivity index (χ3v) is 4.86. The molecule has 150 valence electrons. The predicted molar refractivity (Wildman–Crippen MR) is 95.4 cm³/mol. The molecule has 0 radical (unpaired) electrons. The molecule has 2 aromatic carbocycles. The summed E-state index contributed by atoms with van der Waals surface area (Å²) in [4.78, 5) is 0. The first kappa shape index (κ1) is 19.1. The van der Waals surface area contributed by atoms with Gasteiger partial charge in [0.1, 0.15) is 35.9 Å². The van der Waals surface area contributed by atoms with Crippen LogP contribution in [0, 0.1) is 0 Å². The first-order valence-corrected chi connectivity index (χ1v) is 9.00. The molecule has 2 fully saturated rings. The van der Waals surface area contributed by atoms with Crippen molar-refractivity contribution >= 4 is 0 Å². The van der Waals surface area contributed by atoms with Gasteiger partial charge in [-0.2, -0.15) is 0 Å². The molecule has 0 bridgehead atoms. The second-order valence-corrected chi connectivity index (χ2v) is 6.81. The van der Waals surface area contributed by atoms with Gasteiger partial charge in [0.2, 0.25) is 0 Å². The molecular weight excluding hydrogens is 368 g/mol. The summed E-state index contributed by atoms with van der Waals surface area (Å²) >= 11 is 0. The Morgan fingerprint density at radius 1 is 0.750 bits per heavy atom. The van der Waals surface area contributed by atoms with Crippen molar-refractivity contribution in [3.8, 4) is 11.5 Å². The van der Waals surface area contributed by atoms with Crippen molar-refractivity contribution in [1.29, 1.82) is 0 Å². The van der Waals surface area contributed by atoms with Gasteiger partial charge in [-0.25, -0.2) is 0 Å². The Hall–Kier alpha value is -2.20. The first-order chi connectivity index (χ1) is 13.5. The van der Waals surface area contributed by atoms with E-state index in [9.17, 15) is 20.4 Å². The number of rotatable bonds is 3. The molecule has 2 saturated heterocycles. The Morgan fingerprint density at radius 2 is 1.29 bits per heavy atom. The monoisotopic (exact) mass is 390 g/mol. The average Bonchev–Trinajstić information content (AvgIpc) is 3.13. The zero-order valence-electron chi connectivity index (χ0n) is 14.9. The molecule has 0 aliphatic carbocycles. The van der Waals surface area contributed by atoms with Gasteiger partial charge >= 0.3 is 0 Å². The Bertz CT molecular complexity index is 778. The summed E-state index contributed by atoms with van der Waals surface area (Å²) in [6, 6.07) is 12.7. The Kier molecular flexibility index (Phi) is 5.49. The molecule has 8 heteroatoms. The van der Waals surface area contributed by atoms with Crippen LogP contribution in [-0.2, 0) is 18.9 Å². The van der Waals surface area contributed by atoms with E-state index in [1.807, 2.05) is 0 Å². The summed E-state index contributed by atoms with van der Waals surface area (Å²) in [6.07, 6.45) is -4.89. The van der Waals surface area contributed by atoms with Crippen LogP contribution < -0.4 is 0 Å². The highest BCUT2D eigenvalue weighted by Crippen LogP contribution is 2.38. The highest BCUT2D eigenvalue weighted by molar-refractivity contribution is 5.28. The molecule has 2 aliphatic rings. The Morgan fingerprint density at radius 3 is 1.86 bits per heavy atom. The fourth-order valence-corrected chi connectivity index (χ4v) is 3.38. The minimum atomic E-state index is -0.996.